The SMILES string of the molecule is CNC(=O)C1CN(c2nc(C)cc(C)n2)CCN(C2CCOCC2)C1. The molecule has 0 saturated carbocycles. The summed E-state index contributed by atoms with van der Waals surface area (Å²) >= 11 is 0. The molecule has 3 rings (SSSR count). The van der Waals surface area contributed by atoms with Crippen LogP contribution in [0.1, 0.15) is 24.2 Å². The Bertz CT molecular complexity index is 583. The van der Waals surface area contributed by atoms with Crippen LogP contribution in [0.15, 0.2) is 6.07 Å². The minimum absolute atomic E-state index is 0.0836. The first-order valence-electron chi connectivity index (χ1n) is 9.17. The highest BCUT2D eigenvalue weighted by Gasteiger charge is 2.32. The molecule has 1 aromatic heterocycles. The van der Waals surface area contributed by atoms with Gasteiger partial charge in [-0.2, -0.15) is 0 Å². The van der Waals surface area contributed by atoms with Gasteiger partial charge in [-0.25, -0.2) is 9.97 Å². The van der Waals surface area contributed by atoms with Crippen molar-refractivity contribution in [3.05, 3.63) is 17.5 Å². The highest BCUT2D eigenvalue weighted by molar-refractivity contribution is 5.79. The summed E-state index contributed by atoms with van der Waals surface area (Å²) in [6.07, 6.45) is 2.08. The summed E-state index contributed by atoms with van der Waals surface area (Å²) < 4.78 is 5.50. The van der Waals surface area contributed by atoms with Crippen molar-refractivity contribution < 1.29 is 9.53 Å². The van der Waals surface area contributed by atoms with E-state index >= 15 is 0 Å². The second kappa shape index (κ2) is 8.10. The molecular weight excluding hydrogens is 318 g/mol. The molecule has 1 atom stereocenters. The van der Waals surface area contributed by atoms with E-state index in [1.165, 1.54) is 0 Å². The highest BCUT2D eigenvalue weighted by atomic mass is 16.5. The Labute approximate surface area is 149 Å². The topological polar surface area (TPSA) is 70.6 Å². The fraction of sp³-hybridized carbons (Fsp3) is 0.722. The highest BCUT2D eigenvalue weighted by Crippen LogP contribution is 2.21. The lowest BCUT2D eigenvalue weighted by molar-refractivity contribution is -0.124. The predicted octanol–water partition coefficient (Wildman–Crippen LogP) is 0.757. The van der Waals surface area contributed by atoms with Crippen LogP contribution in [-0.4, -0.2) is 73.3 Å². The lowest BCUT2D eigenvalue weighted by Crippen LogP contribution is -2.45. The maximum Gasteiger partial charge on any atom is 0.225 e. The molecule has 0 aliphatic carbocycles. The fourth-order valence-electron chi connectivity index (χ4n) is 3.82. The second-order valence-corrected chi connectivity index (χ2v) is 7.05. The van der Waals surface area contributed by atoms with Gasteiger partial charge in [0.2, 0.25) is 11.9 Å². The molecule has 1 amide bonds. The third-order valence-electron chi connectivity index (χ3n) is 5.13. The van der Waals surface area contributed by atoms with Crippen molar-refractivity contribution in [1.82, 2.24) is 20.2 Å². The van der Waals surface area contributed by atoms with Crippen molar-refractivity contribution >= 4 is 11.9 Å². The number of ether oxygens (including phenoxy) is 1. The molecule has 3 heterocycles. The van der Waals surface area contributed by atoms with Gasteiger partial charge in [0.05, 0.1) is 5.92 Å². The van der Waals surface area contributed by atoms with Crippen LogP contribution in [0.3, 0.4) is 0 Å². The maximum absolute atomic E-state index is 12.4. The van der Waals surface area contributed by atoms with E-state index in [4.69, 9.17) is 4.74 Å². The minimum atomic E-state index is -0.0836. The average molecular weight is 347 g/mol. The van der Waals surface area contributed by atoms with E-state index < -0.39 is 0 Å². The molecule has 1 aromatic rings. The minimum Gasteiger partial charge on any atom is -0.381 e. The first-order chi connectivity index (χ1) is 12.1. The van der Waals surface area contributed by atoms with Gasteiger partial charge in [0.25, 0.3) is 0 Å². The van der Waals surface area contributed by atoms with Crippen LogP contribution < -0.4 is 10.2 Å². The van der Waals surface area contributed by atoms with Gasteiger partial charge in [0.1, 0.15) is 0 Å². The molecule has 7 heteroatoms. The van der Waals surface area contributed by atoms with Crippen LogP contribution in [0.25, 0.3) is 0 Å². The number of aryl methyl sites for hydroxylation is 2. The largest absolute Gasteiger partial charge is 0.381 e. The third-order valence-corrected chi connectivity index (χ3v) is 5.13. The molecule has 25 heavy (non-hydrogen) atoms. The van der Waals surface area contributed by atoms with E-state index in [-0.39, 0.29) is 11.8 Å². The van der Waals surface area contributed by atoms with E-state index in [1.54, 1.807) is 7.05 Å². The summed E-state index contributed by atoms with van der Waals surface area (Å²) in [4.78, 5) is 26.3. The lowest BCUT2D eigenvalue weighted by Gasteiger charge is -2.34. The zero-order chi connectivity index (χ0) is 17.8. The first kappa shape index (κ1) is 18.1. The number of rotatable bonds is 3. The van der Waals surface area contributed by atoms with Gasteiger partial charge in [-0.15, -0.1) is 0 Å². The molecular formula is C18H29N5O2. The van der Waals surface area contributed by atoms with Crippen molar-refractivity contribution in [2.45, 2.75) is 32.7 Å². The van der Waals surface area contributed by atoms with Crippen LogP contribution in [-0.2, 0) is 9.53 Å². The van der Waals surface area contributed by atoms with Crippen LogP contribution in [0.2, 0.25) is 0 Å². The van der Waals surface area contributed by atoms with E-state index in [2.05, 4.69) is 25.1 Å². The van der Waals surface area contributed by atoms with Crippen molar-refractivity contribution in [2.24, 2.45) is 5.92 Å². The molecule has 0 radical (unpaired) electrons. The molecule has 0 spiro atoms. The second-order valence-electron chi connectivity index (χ2n) is 7.05. The molecule has 0 bridgehead atoms. The van der Waals surface area contributed by atoms with E-state index in [0.29, 0.717) is 12.6 Å². The summed E-state index contributed by atoms with van der Waals surface area (Å²) in [5.41, 5.74) is 1.93. The maximum atomic E-state index is 12.4. The Kier molecular flexibility index (Phi) is 5.86. The quantitative estimate of drug-likeness (QED) is 0.870. The van der Waals surface area contributed by atoms with E-state index in [0.717, 1.165) is 63.0 Å². The standard InChI is InChI=1S/C18H29N5O2/c1-13-10-14(2)21-18(20-13)23-7-6-22(16-4-8-25-9-5-16)11-15(12-23)17(24)19-3/h10,15-16H,4-9,11-12H2,1-3H3,(H,19,24). The van der Waals surface area contributed by atoms with Crippen molar-refractivity contribution in [3.63, 3.8) is 0 Å². The molecule has 1 unspecified atom stereocenters. The van der Waals surface area contributed by atoms with Crippen molar-refractivity contribution in [2.75, 3.05) is 51.3 Å². The Hall–Kier alpha value is -1.73. The number of nitrogens with one attached hydrogen (secondary N) is 1. The Morgan fingerprint density at radius 1 is 1.16 bits per heavy atom. The van der Waals surface area contributed by atoms with Crippen LogP contribution >= 0.6 is 0 Å². The molecule has 2 saturated heterocycles. The van der Waals surface area contributed by atoms with Crippen LogP contribution in [0.5, 0.6) is 0 Å². The number of carbonyl (C=O) groups is 1. The van der Waals surface area contributed by atoms with Crippen molar-refractivity contribution in [1.29, 1.82) is 0 Å². The number of hydrogen-bond acceptors (Lipinski definition) is 6. The monoisotopic (exact) mass is 347 g/mol. The van der Waals surface area contributed by atoms with Crippen LogP contribution in [0, 0.1) is 19.8 Å². The number of hydrogen-bond donors (Lipinski definition) is 1. The summed E-state index contributed by atoms with van der Waals surface area (Å²) in [6, 6.07) is 2.48. The number of nitrogens with zero attached hydrogens (tertiary/aromatic N) is 4. The normalized spacial score (nSPS) is 23.3. The van der Waals surface area contributed by atoms with E-state index in [9.17, 15) is 4.79 Å². The average Bonchev–Trinajstić information content (AvgIpc) is 2.84. The van der Waals surface area contributed by atoms with Gasteiger partial charge in [-0.1, -0.05) is 0 Å². The fourth-order valence-corrected chi connectivity index (χ4v) is 3.82. The summed E-state index contributed by atoms with van der Waals surface area (Å²) in [5.74, 6) is 0.744. The molecule has 138 valence electrons. The van der Waals surface area contributed by atoms with Crippen LogP contribution in [0.4, 0.5) is 5.95 Å². The molecule has 2 aliphatic rings. The number of aromatic nitrogens is 2. The van der Waals surface area contributed by atoms with Gasteiger partial charge in [-0.05, 0) is 32.8 Å². The first-order valence-corrected chi connectivity index (χ1v) is 9.17. The summed E-state index contributed by atoms with van der Waals surface area (Å²) in [5, 5.41) is 2.82. The Balaban J connectivity index is 1.80. The van der Waals surface area contributed by atoms with Gasteiger partial charge in [0.15, 0.2) is 0 Å². The third kappa shape index (κ3) is 4.46. The summed E-state index contributed by atoms with van der Waals surface area (Å²) in [6.45, 7) is 8.81. The molecule has 0 aromatic carbocycles. The molecule has 2 aliphatic heterocycles. The van der Waals surface area contributed by atoms with Gasteiger partial charge < -0.3 is 15.0 Å². The smallest absolute Gasteiger partial charge is 0.225 e. The molecule has 2 fully saturated rings. The predicted molar refractivity (Wildman–Crippen MR) is 96.7 cm³/mol. The Morgan fingerprint density at radius 2 is 1.84 bits per heavy atom. The number of amides is 1. The van der Waals surface area contributed by atoms with Gasteiger partial charge >= 0.3 is 0 Å². The zero-order valence-electron chi connectivity index (χ0n) is 15.5. The summed E-state index contributed by atoms with van der Waals surface area (Å²) in [7, 11) is 1.71. The van der Waals surface area contributed by atoms with Gasteiger partial charge in [0, 0.05) is 63.9 Å². The van der Waals surface area contributed by atoms with Crippen molar-refractivity contribution in [3.8, 4) is 0 Å². The Morgan fingerprint density at radius 3 is 2.48 bits per heavy atom. The zero-order valence-corrected chi connectivity index (χ0v) is 15.5. The number of anilines is 1. The number of carbonyl (C=O) groups excluding carboxylic acids is 1. The molecule has 1 N–H and O–H groups in total. The van der Waals surface area contributed by atoms with E-state index in [1.807, 2.05) is 19.9 Å². The molecule has 7 nitrogen and oxygen atoms in total. The lowest BCUT2D eigenvalue weighted by atomic mass is 10.0. The van der Waals surface area contributed by atoms with Gasteiger partial charge in [-0.3, -0.25) is 9.69 Å².